The van der Waals surface area contributed by atoms with Gasteiger partial charge < -0.3 is 4.90 Å². The van der Waals surface area contributed by atoms with Crippen LogP contribution in [0.15, 0.2) is 35.2 Å². The third-order valence-corrected chi connectivity index (χ3v) is 9.54. The van der Waals surface area contributed by atoms with Crippen LogP contribution in [0.4, 0.5) is 13.2 Å². The highest BCUT2D eigenvalue weighted by Gasteiger charge is 2.45. The molecule has 0 aromatic heterocycles. The minimum absolute atomic E-state index is 0.00678. The van der Waals surface area contributed by atoms with E-state index in [2.05, 4.69) is 0 Å². The highest BCUT2D eigenvalue weighted by Crippen LogP contribution is 2.27. The second-order valence-corrected chi connectivity index (χ2v) is 12.2. The molecular weight excluding hydrogens is 445 g/mol. The van der Waals surface area contributed by atoms with Crippen molar-refractivity contribution >= 4 is 25.8 Å². The van der Waals surface area contributed by atoms with Gasteiger partial charge in [-0.3, -0.25) is 4.79 Å². The average Bonchev–Trinajstić information content (AvgIpc) is 2.66. The van der Waals surface area contributed by atoms with Crippen LogP contribution in [0, 0.1) is 0 Å². The number of hydrogen-bond donors (Lipinski definition) is 0. The molecule has 7 nitrogen and oxygen atoms in total. The highest BCUT2D eigenvalue weighted by atomic mass is 32.2. The van der Waals surface area contributed by atoms with Gasteiger partial charge in [-0.25, -0.2) is 16.8 Å². The van der Waals surface area contributed by atoms with Crippen molar-refractivity contribution in [1.29, 1.82) is 0 Å². The first-order valence-electron chi connectivity index (χ1n) is 9.32. The van der Waals surface area contributed by atoms with Gasteiger partial charge in [0.2, 0.25) is 15.9 Å². The molecule has 1 saturated heterocycles. The zero-order valence-electron chi connectivity index (χ0n) is 16.7. The smallest absolute Gasteiger partial charge is 0.339 e. The monoisotopic (exact) mass is 470 g/mol. The molecule has 1 fully saturated rings. The van der Waals surface area contributed by atoms with Crippen LogP contribution < -0.4 is 0 Å². The molecule has 0 atom stereocenters. The number of sulfone groups is 1. The van der Waals surface area contributed by atoms with Crippen molar-refractivity contribution in [3.8, 4) is 0 Å². The minimum Gasteiger partial charge on any atom is -0.339 e. The summed E-state index contributed by atoms with van der Waals surface area (Å²) in [6.07, 6.45) is -6.33. The first-order valence-corrected chi connectivity index (χ1v) is 12.4. The molecule has 1 amide bonds. The van der Waals surface area contributed by atoms with E-state index in [0.717, 1.165) is 0 Å². The SMILES string of the molecule is CC(C)(C(=O)N1CCN(S(=O)(=O)c2ccccc2)CC1)S(=O)(=O)CCCC(F)(F)F. The van der Waals surface area contributed by atoms with E-state index in [9.17, 15) is 34.8 Å². The van der Waals surface area contributed by atoms with Crippen LogP contribution in [0.25, 0.3) is 0 Å². The molecule has 0 radical (unpaired) electrons. The molecule has 0 spiro atoms. The minimum atomic E-state index is -4.47. The summed E-state index contributed by atoms with van der Waals surface area (Å²) < 4.78 is 86.6. The highest BCUT2D eigenvalue weighted by molar-refractivity contribution is 7.93. The summed E-state index contributed by atoms with van der Waals surface area (Å²) in [6, 6.07) is 7.80. The van der Waals surface area contributed by atoms with Gasteiger partial charge in [-0.2, -0.15) is 17.5 Å². The Hall–Kier alpha value is -1.66. The summed E-state index contributed by atoms with van der Waals surface area (Å²) in [4.78, 5) is 14.2. The largest absolute Gasteiger partial charge is 0.389 e. The van der Waals surface area contributed by atoms with E-state index in [1.807, 2.05) is 0 Å². The Morgan fingerprint density at radius 1 is 0.967 bits per heavy atom. The lowest BCUT2D eigenvalue weighted by Crippen LogP contribution is -2.57. The Morgan fingerprint density at radius 3 is 2.00 bits per heavy atom. The van der Waals surface area contributed by atoms with E-state index < -0.39 is 55.3 Å². The third kappa shape index (κ3) is 5.52. The molecule has 0 unspecified atom stereocenters. The van der Waals surface area contributed by atoms with Gasteiger partial charge in [-0.15, -0.1) is 0 Å². The van der Waals surface area contributed by atoms with Gasteiger partial charge in [0.1, 0.15) is 4.75 Å². The van der Waals surface area contributed by atoms with Crippen molar-refractivity contribution in [3.05, 3.63) is 30.3 Å². The van der Waals surface area contributed by atoms with Crippen molar-refractivity contribution in [3.63, 3.8) is 0 Å². The van der Waals surface area contributed by atoms with Gasteiger partial charge in [-0.05, 0) is 32.4 Å². The van der Waals surface area contributed by atoms with Gasteiger partial charge >= 0.3 is 6.18 Å². The topological polar surface area (TPSA) is 91.8 Å². The molecule has 0 saturated carbocycles. The lowest BCUT2D eigenvalue weighted by atomic mass is 10.1. The lowest BCUT2D eigenvalue weighted by molar-refractivity contribution is -0.134. The fraction of sp³-hybridized carbons (Fsp3) is 0.611. The second-order valence-electron chi connectivity index (χ2n) is 7.56. The number of nitrogens with zero attached hydrogens (tertiary/aromatic N) is 2. The number of rotatable bonds is 7. The first kappa shape index (κ1) is 24.6. The number of amides is 1. The molecule has 1 aromatic carbocycles. The Balaban J connectivity index is 2.03. The van der Waals surface area contributed by atoms with Crippen molar-refractivity contribution in [2.45, 2.75) is 42.5 Å². The Bertz CT molecular complexity index is 953. The van der Waals surface area contributed by atoms with Crippen molar-refractivity contribution in [2.24, 2.45) is 0 Å². The van der Waals surface area contributed by atoms with E-state index in [4.69, 9.17) is 0 Å². The van der Waals surface area contributed by atoms with E-state index in [-0.39, 0.29) is 31.1 Å². The fourth-order valence-electron chi connectivity index (χ4n) is 3.10. The number of carbonyl (C=O) groups excluding carboxylic acids is 1. The summed E-state index contributed by atoms with van der Waals surface area (Å²) in [6.45, 7) is 2.32. The van der Waals surface area contributed by atoms with Gasteiger partial charge in [0, 0.05) is 32.6 Å². The standard InChI is InChI=1S/C18H25F3N2O5S2/c1-17(2,29(25,26)14-6-9-18(19,20)21)16(24)22-10-12-23(13-11-22)30(27,28)15-7-4-3-5-8-15/h3-5,7-8H,6,9-14H2,1-2H3. The molecule has 0 aliphatic carbocycles. The maximum absolute atomic E-state index is 12.8. The predicted octanol–water partition coefficient (Wildman–Crippen LogP) is 2.06. The Labute approximate surface area is 174 Å². The summed E-state index contributed by atoms with van der Waals surface area (Å²) in [7, 11) is -7.87. The van der Waals surface area contributed by atoms with Crippen LogP contribution in [0.2, 0.25) is 0 Å². The maximum atomic E-state index is 12.8. The normalized spacial score (nSPS) is 17.2. The van der Waals surface area contributed by atoms with Crippen LogP contribution >= 0.6 is 0 Å². The molecule has 12 heteroatoms. The summed E-state index contributed by atoms with van der Waals surface area (Å²) in [5.74, 6) is -1.50. The molecule has 1 aliphatic heterocycles. The zero-order chi connectivity index (χ0) is 22.8. The molecule has 0 N–H and O–H groups in total. The van der Waals surface area contributed by atoms with Crippen LogP contribution in [0.1, 0.15) is 26.7 Å². The zero-order valence-corrected chi connectivity index (χ0v) is 18.4. The van der Waals surface area contributed by atoms with Crippen LogP contribution in [-0.4, -0.2) is 74.8 Å². The number of sulfonamides is 1. The number of halogens is 3. The van der Waals surface area contributed by atoms with Crippen molar-refractivity contribution in [2.75, 3.05) is 31.9 Å². The second kappa shape index (κ2) is 8.83. The Morgan fingerprint density at radius 2 is 1.50 bits per heavy atom. The fourth-order valence-corrected chi connectivity index (χ4v) is 5.98. The van der Waals surface area contributed by atoms with Crippen LogP contribution in [0.3, 0.4) is 0 Å². The van der Waals surface area contributed by atoms with E-state index in [1.165, 1.54) is 35.2 Å². The number of carbonyl (C=O) groups is 1. The molecule has 2 rings (SSSR count). The Kier molecular flexibility index (Phi) is 7.25. The first-order chi connectivity index (χ1) is 13.7. The van der Waals surface area contributed by atoms with E-state index in [1.54, 1.807) is 18.2 Å². The van der Waals surface area contributed by atoms with E-state index >= 15 is 0 Å². The molecule has 30 heavy (non-hydrogen) atoms. The predicted molar refractivity (Wildman–Crippen MR) is 105 cm³/mol. The third-order valence-electron chi connectivity index (χ3n) is 5.07. The molecule has 1 heterocycles. The molecule has 1 aliphatic rings. The molecular formula is C18H25F3N2O5S2. The van der Waals surface area contributed by atoms with Crippen LogP contribution in [-0.2, 0) is 24.7 Å². The van der Waals surface area contributed by atoms with E-state index in [0.29, 0.717) is 0 Å². The van der Waals surface area contributed by atoms with Crippen molar-refractivity contribution < 1.29 is 34.8 Å². The van der Waals surface area contributed by atoms with Crippen molar-refractivity contribution in [1.82, 2.24) is 9.21 Å². The van der Waals surface area contributed by atoms with Gasteiger partial charge in [0.05, 0.1) is 10.6 Å². The summed E-state index contributed by atoms with van der Waals surface area (Å²) >= 11 is 0. The maximum Gasteiger partial charge on any atom is 0.389 e. The average molecular weight is 471 g/mol. The quantitative estimate of drug-likeness (QED) is 0.608. The van der Waals surface area contributed by atoms with Gasteiger partial charge in [0.15, 0.2) is 9.84 Å². The molecule has 0 bridgehead atoms. The summed E-state index contributed by atoms with van der Waals surface area (Å²) in [5, 5.41) is 0. The number of hydrogen-bond acceptors (Lipinski definition) is 5. The number of benzene rings is 1. The van der Waals surface area contributed by atoms with Gasteiger partial charge in [-0.1, -0.05) is 18.2 Å². The summed E-state index contributed by atoms with van der Waals surface area (Å²) in [5.41, 5.74) is 0. The lowest BCUT2D eigenvalue weighted by Gasteiger charge is -2.37. The number of piperazine rings is 1. The molecule has 1 aromatic rings. The van der Waals surface area contributed by atoms with Gasteiger partial charge in [0.25, 0.3) is 0 Å². The van der Waals surface area contributed by atoms with Crippen LogP contribution in [0.5, 0.6) is 0 Å². The number of alkyl halides is 3. The molecule has 170 valence electrons.